The topological polar surface area (TPSA) is 66.8 Å². The van der Waals surface area contributed by atoms with Crippen molar-refractivity contribution < 1.29 is 19.4 Å². The Kier molecular flexibility index (Phi) is 4.98. The van der Waals surface area contributed by atoms with Crippen LogP contribution in [0, 0.1) is 5.92 Å². The van der Waals surface area contributed by atoms with E-state index in [0.29, 0.717) is 18.0 Å². The lowest BCUT2D eigenvalue weighted by Gasteiger charge is -2.28. The maximum absolute atomic E-state index is 13.1. The number of aliphatic hydroxyl groups is 1. The molecule has 0 bridgehead atoms. The lowest BCUT2D eigenvalue weighted by atomic mass is 9.94. The summed E-state index contributed by atoms with van der Waals surface area (Å²) in [6.07, 6.45) is 1.60. The monoisotopic (exact) mass is 441 g/mol. The maximum Gasteiger partial charge on any atom is 0.294 e. The molecule has 4 rings (SSSR count). The van der Waals surface area contributed by atoms with Gasteiger partial charge in [-0.15, -0.1) is 0 Å². The Labute approximate surface area is 171 Å². The molecule has 0 saturated heterocycles. The highest BCUT2D eigenvalue weighted by atomic mass is 79.9. The number of amides is 1. The molecule has 144 valence electrons. The molecule has 1 unspecified atom stereocenters. The minimum absolute atomic E-state index is 0.106. The number of para-hydroxylation sites is 2. The number of Topliss-reactive ketones (excluding diaryl/α,β-unsaturated/α-hetero) is 1. The average molecular weight is 442 g/mol. The number of anilines is 1. The summed E-state index contributed by atoms with van der Waals surface area (Å²) >= 11 is 3.42. The first-order valence-corrected chi connectivity index (χ1v) is 10.1. The minimum atomic E-state index is -0.685. The molecule has 1 fully saturated rings. The van der Waals surface area contributed by atoms with Gasteiger partial charge in [0.1, 0.15) is 5.75 Å². The number of carbonyl (C=O) groups is 2. The van der Waals surface area contributed by atoms with Crippen LogP contribution >= 0.6 is 15.9 Å². The van der Waals surface area contributed by atoms with E-state index >= 15 is 0 Å². The number of carbonyl (C=O) groups excluding carboxylic acids is 2. The third-order valence-electron chi connectivity index (χ3n) is 5.03. The molecule has 28 heavy (non-hydrogen) atoms. The number of rotatable bonds is 6. The number of nitrogens with zero attached hydrogens (tertiary/aromatic N) is 1. The van der Waals surface area contributed by atoms with Crippen LogP contribution in [0.2, 0.25) is 0 Å². The van der Waals surface area contributed by atoms with Crippen LogP contribution in [0.15, 0.2) is 64.3 Å². The number of ether oxygens (including phenoxy) is 1. The van der Waals surface area contributed by atoms with E-state index in [0.717, 1.165) is 22.9 Å². The summed E-state index contributed by atoms with van der Waals surface area (Å²) in [6, 6.07) is 13.9. The molecule has 1 aliphatic carbocycles. The number of hydrogen-bond acceptors (Lipinski definition) is 4. The Morgan fingerprint density at radius 3 is 2.50 bits per heavy atom. The maximum atomic E-state index is 13.1. The summed E-state index contributed by atoms with van der Waals surface area (Å²) in [5.74, 6) is -0.756. The van der Waals surface area contributed by atoms with Crippen molar-refractivity contribution in [2.75, 3.05) is 11.5 Å². The van der Waals surface area contributed by atoms with Gasteiger partial charge in [0, 0.05) is 10.4 Å². The third kappa shape index (κ3) is 3.22. The van der Waals surface area contributed by atoms with Gasteiger partial charge >= 0.3 is 0 Å². The lowest BCUT2D eigenvalue weighted by molar-refractivity contribution is -0.118. The number of halogens is 1. The normalized spacial score (nSPS) is 19.3. The summed E-state index contributed by atoms with van der Waals surface area (Å²) in [5, 5.41) is 10.7. The van der Waals surface area contributed by atoms with Gasteiger partial charge in [0.15, 0.2) is 11.5 Å². The van der Waals surface area contributed by atoms with Gasteiger partial charge in [0.2, 0.25) is 0 Å². The molecular weight excluding hydrogens is 422 g/mol. The number of ketones is 1. The van der Waals surface area contributed by atoms with Gasteiger partial charge in [-0.3, -0.25) is 14.5 Å². The van der Waals surface area contributed by atoms with E-state index in [2.05, 4.69) is 15.9 Å². The van der Waals surface area contributed by atoms with Gasteiger partial charge < -0.3 is 9.84 Å². The quantitative estimate of drug-likeness (QED) is 0.703. The highest BCUT2D eigenvalue weighted by Crippen LogP contribution is 2.47. The van der Waals surface area contributed by atoms with Gasteiger partial charge in [0.05, 0.1) is 23.9 Å². The fourth-order valence-corrected chi connectivity index (χ4v) is 3.83. The molecule has 1 heterocycles. The van der Waals surface area contributed by atoms with Crippen LogP contribution in [0.4, 0.5) is 5.69 Å². The summed E-state index contributed by atoms with van der Waals surface area (Å²) < 4.78 is 6.60. The predicted octanol–water partition coefficient (Wildman–Crippen LogP) is 4.73. The number of aliphatic hydroxyl groups excluding tert-OH is 1. The number of hydrogen-bond donors (Lipinski definition) is 1. The highest BCUT2D eigenvalue weighted by Gasteiger charge is 2.48. The average Bonchev–Trinajstić information content (AvgIpc) is 3.51. The van der Waals surface area contributed by atoms with Crippen molar-refractivity contribution in [2.24, 2.45) is 5.92 Å². The van der Waals surface area contributed by atoms with Crippen LogP contribution in [0.3, 0.4) is 0 Å². The second kappa shape index (κ2) is 7.43. The summed E-state index contributed by atoms with van der Waals surface area (Å²) in [4.78, 5) is 27.5. The van der Waals surface area contributed by atoms with E-state index in [4.69, 9.17) is 4.74 Å². The summed E-state index contributed by atoms with van der Waals surface area (Å²) in [7, 11) is 0. The fourth-order valence-electron chi connectivity index (χ4n) is 3.57. The zero-order valence-electron chi connectivity index (χ0n) is 15.4. The second-order valence-electron chi connectivity index (χ2n) is 6.93. The molecule has 1 saturated carbocycles. The summed E-state index contributed by atoms with van der Waals surface area (Å²) in [5.41, 5.74) is 1.48. The molecule has 2 aromatic rings. The Hall–Kier alpha value is -2.60. The first-order chi connectivity index (χ1) is 13.5. The molecule has 2 aromatic carbocycles. The lowest BCUT2D eigenvalue weighted by Crippen LogP contribution is -2.31. The smallest absolute Gasteiger partial charge is 0.294 e. The molecule has 0 aromatic heterocycles. The van der Waals surface area contributed by atoms with Crippen LogP contribution < -0.4 is 9.64 Å². The van der Waals surface area contributed by atoms with Crippen molar-refractivity contribution in [2.45, 2.75) is 25.8 Å². The van der Waals surface area contributed by atoms with Crippen LogP contribution in [0.5, 0.6) is 5.75 Å². The van der Waals surface area contributed by atoms with Gasteiger partial charge in [-0.1, -0.05) is 40.2 Å². The molecule has 1 atom stereocenters. The van der Waals surface area contributed by atoms with Crippen LogP contribution in [-0.4, -0.2) is 23.4 Å². The van der Waals surface area contributed by atoms with Crippen molar-refractivity contribution in [3.63, 3.8) is 0 Å². The minimum Gasteiger partial charge on any atom is -0.503 e. The Bertz CT molecular complexity index is 963. The van der Waals surface area contributed by atoms with Crippen molar-refractivity contribution in [3.8, 4) is 5.75 Å². The van der Waals surface area contributed by atoms with Gasteiger partial charge in [0.25, 0.3) is 5.91 Å². The first-order valence-electron chi connectivity index (χ1n) is 9.31. The number of benzene rings is 2. The van der Waals surface area contributed by atoms with E-state index in [1.54, 1.807) is 12.1 Å². The molecule has 0 radical (unpaired) electrons. The van der Waals surface area contributed by atoms with Gasteiger partial charge in [-0.05, 0) is 49.6 Å². The summed E-state index contributed by atoms with van der Waals surface area (Å²) in [6.45, 7) is 2.31. The van der Waals surface area contributed by atoms with Crippen molar-refractivity contribution in [3.05, 3.63) is 69.9 Å². The van der Waals surface area contributed by atoms with Gasteiger partial charge in [-0.2, -0.15) is 0 Å². The largest absolute Gasteiger partial charge is 0.503 e. The highest BCUT2D eigenvalue weighted by molar-refractivity contribution is 9.10. The standard InChI is InChI=1S/C22H20BrNO4/c1-2-28-17-6-4-3-5-16(17)24-19(13-9-11-15(23)12-10-13)18(21(26)22(24)27)20(25)14-7-8-14/h3-6,9-12,14,19,26H,2,7-8H2,1H3. The molecule has 5 nitrogen and oxygen atoms in total. The van der Waals surface area contributed by atoms with E-state index in [1.807, 2.05) is 43.3 Å². The molecule has 1 aliphatic heterocycles. The van der Waals surface area contributed by atoms with E-state index in [9.17, 15) is 14.7 Å². The zero-order valence-corrected chi connectivity index (χ0v) is 17.0. The Morgan fingerprint density at radius 1 is 1.18 bits per heavy atom. The predicted molar refractivity (Wildman–Crippen MR) is 109 cm³/mol. The van der Waals surface area contributed by atoms with Crippen LogP contribution in [0.25, 0.3) is 0 Å². The van der Waals surface area contributed by atoms with Crippen molar-refractivity contribution in [1.29, 1.82) is 0 Å². The first kappa shape index (κ1) is 18.7. The Morgan fingerprint density at radius 2 is 1.86 bits per heavy atom. The van der Waals surface area contributed by atoms with Crippen LogP contribution in [-0.2, 0) is 9.59 Å². The second-order valence-corrected chi connectivity index (χ2v) is 7.85. The molecule has 6 heteroatoms. The molecule has 1 N–H and O–H groups in total. The molecule has 0 spiro atoms. The molecular formula is C22H20BrNO4. The van der Waals surface area contributed by atoms with Crippen LogP contribution in [0.1, 0.15) is 31.4 Å². The Balaban J connectivity index is 1.86. The van der Waals surface area contributed by atoms with E-state index < -0.39 is 17.7 Å². The zero-order chi connectivity index (χ0) is 19.8. The fraction of sp³-hybridized carbons (Fsp3) is 0.273. The van der Waals surface area contributed by atoms with Crippen molar-refractivity contribution in [1.82, 2.24) is 0 Å². The molecule has 1 amide bonds. The van der Waals surface area contributed by atoms with Crippen molar-refractivity contribution >= 4 is 33.3 Å². The molecule has 2 aliphatic rings. The van der Waals surface area contributed by atoms with Gasteiger partial charge in [-0.25, -0.2) is 0 Å². The van der Waals surface area contributed by atoms with E-state index in [-0.39, 0.29) is 17.3 Å². The van der Waals surface area contributed by atoms with E-state index in [1.165, 1.54) is 4.90 Å². The SMILES string of the molecule is CCOc1ccccc1N1C(=O)C(O)=C(C(=O)C2CC2)C1c1ccc(Br)cc1. The third-order valence-corrected chi connectivity index (χ3v) is 5.56.